The van der Waals surface area contributed by atoms with Crippen molar-refractivity contribution in [2.24, 2.45) is 5.41 Å². The minimum atomic E-state index is -0.524. The Kier molecular flexibility index (Phi) is 7.13. The summed E-state index contributed by atoms with van der Waals surface area (Å²) in [6, 6.07) is 6.78. The van der Waals surface area contributed by atoms with Gasteiger partial charge in [0.05, 0.1) is 12.2 Å². The molecular formula is C23H31N3O4. The summed E-state index contributed by atoms with van der Waals surface area (Å²) in [6.07, 6.45) is 7.52. The number of allylic oxidation sites excluding steroid dienone is 1. The molecule has 0 saturated carbocycles. The summed E-state index contributed by atoms with van der Waals surface area (Å²) in [7, 11) is 0. The predicted molar refractivity (Wildman–Crippen MR) is 114 cm³/mol. The van der Waals surface area contributed by atoms with Gasteiger partial charge in [0.1, 0.15) is 11.8 Å². The Morgan fingerprint density at radius 2 is 1.93 bits per heavy atom. The third kappa shape index (κ3) is 5.40. The van der Waals surface area contributed by atoms with E-state index in [1.54, 1.807) is 13.0 Å². The van der Waals surface area contributed by atoms with Crippen LogP contribution in [-0.4, -0.2) is 54.9 Å². The second-order valence-corrected chi connectivity index (χ2v) is 8.24. The first-order valence-corrected chi connectivity index (χ1v) is 10.6. The highest BCUT2D eigenvalue weighted by molar-refractivity contribution is 5.96. The molecule has 162 valence electrons. The summed E-state index contributed by atoms with van der Waals surface area (Å²) in [5.74, 6) is 0.206. The topological polar surface area (TPSA) is 87.7 Å². The number of carbonyl (C=O) groups excluding carboxylic acids is 3. The molecule has 3 amide bonds. The molecule has 7 nitrogen and oxygen atoms in total. The Balaban J connectivity index is 1.68. The van der Waals surface area contributed by atoms with E-state index in [2.05, 4.69) is 22.8 Å². The normalized spacial score (nSPS) is 21.1. The zero-order chi connectivity index (χ0) is 21.6. The Morgan fingerprint density at radius 1 is 1.20 bits per heavy atom. The van der Waals surface area contributed by atoms with Crippen molar-refractivity contribution in [3.8, 4) is 5.75 Å². The molecule has 1 spiro atoms. The summed E-state index contributed by atoms with van der Waals surface area (Å²) < 4.78 is 5.77. The lowest BCUT2D eigenvalue weighted by Gasteiger charge is -2.42. The summed E-state index contributed by atoms with van der Waals surface area (Å²) in [5, 5.41) is 5.76. The highest BCUT2D eigenvalue weighted by atomic mass is 16.5. The first-order valence-electron chi connectivity index (χ1n) is 10.6. The van der Waals surface area contributed by atoms with Crippen LogP contribution in [0.5, 0.6) is 5.75 Å². The molecule has 2 aliphatic heterocycles. The number of likely N-dealkylation sites (tertiary alicyclic amines) is 1. The smallest absolute Gasteiger partial charge is 0.255 e. The molecular weight excluding hydrogens is 382 g/mol. The van der Waals surface area contributed by atoms with Crippen molar-refractivity contribution in [1.29, 1.82) is 0 Å². The van der Waals surface area contributed by atoms with Crippen LogP contribution < -0.4 is 15.4 Å². The van der Waals surface area contributed by atoms with E-state index in [4.69, 9.17) is 4.74 Å². The van der Waals surface area contributed by atoms with Gasteiger partial charge in [-0.25, -0.2) is 0 Å². The van der Waals surface area contributed by atoms with Crippen LogP contribution in [0.1, 0.15) is 49.9 Å². The van der Waals surface area contributed by atoms with Gasteiger partial charge < -0.3 is 20.3 Å². The van der Waals surface area contributed by atoms with Gasteiger partial charge in [-0.2, -0.15) is 0 Å². The number of nitrogens with zero attached hydrogens (tertiary/aromatic N) is 1. The number of nitrogens with one attached hydrogen (secondary N) is 2. The predicted octanol–water partition coefficient (Wildman–Crippen LogP) is 2.28. The van der Waals surface area contributed by atoms with Gasteiger partial charge in [-0.3, -0.25) is 14.4 Å². The van der Waals surface area contributed by atoms with Crippen molar-refractivity contribution >= 4 is 17.7 Å². The number of carbonyl (C=O) groups is 3. The summed E-state index contributed by atoms with van der Waals surface area (Å²) >= 11 is 0. The minimum absolute atomic E-state index is 0.0566. The molecule has 1 aromatic rings. The molecule has 0 aliphatic carbocycles. The van der Waals surface area contributed by atoms with Crippen LogP contribution in [0.2, 0.25) is 0 Å². The third-order valence-electron chi connectivity index (χ3n) is 5.94. The van der Waals surface area contributed by atoms with E-state index in [9.17, 15) is 14.4 Å². The van der Waals surface area contributed by atoms with Crippen LogP contribution in [0.15, 0.2) is 36.4 Å². The standard InChI is InChI=1S/C23H31N3O4/c1-17(25-18(2)27)22(29)26-13-11-23(12-14-26)10-6-3-7-15-30-20-9-5-4-8-19(20)21(28)24-16-23/h3-6,8-9,17H,7,10-16H2,1-2H3,(H,24,28)(H,25,27)/b6-3+/t17-/m1/s1. The van der Waals surface area contributed by atoms with Crippen LogP contribution in [0.3, 0.4) is 0 Å². The van der Waals surface area contributed by atoms with Gasteiger partial charge in [-0.15, -0.1) is 0 Å². The number of fused-ring (bicyclic) bond motifs is 1. The van der Waals surface area contributed by atoms with Crippen molar-refractivity contribution in [3.63, 3.8) is 0 Å². The Bertz CT molecular complexity index is 812. The molecule has 2 aliphatic rings. The maximum Gasteiger partial charge on any atom is 0.255 e. The van der Waals surface area contributed by atoms with E-state index >= 15 is 0 Å². The molecule has 1 saturated heterocycles. The van der Waals surface area contributed by atoms with Gasteiger partial charge >= 0.3 is 0 Å². The molecule has 0 bridgehead atoms. The molecule has 2 heterocycles. The van der Waals surface area contributed by atoms with E-state index in [-0.39, 0.29) is 23.1 Å². The van der Waals surface area contributed by atoms with Crippen LogP contribution in [0.25, 0.3) is 0 Å². The molecule has 1 atom stereocenters. The summed E-state index contributed by atoms with van der Waals surface area (Å²) in [4.78, 5) is 38.5. The number of benzene rings is 1. The second-order valence-electron chi connectivity index (χ2n) is 8.24. The first kappa shape index (κ1) is 21.9. The number of hydrogen-bond donors (Lipinski definition) is 2. The van der Waals surface area contributed by atoms with Gasteiger partial charge in [0.25, 0.3) is 5.91 Å². The van der Waals surface area contributed by atoms with Crippen molar-refractivity contribution in [2.75, 3.05) is 26.2 Å². The van der Waals surface area contributed by atoms with Crippen LogP contribution in [0, 0.1) is 5.41 Å². The molecule has 30 heavy (non-hydrogen) atoms. The zero-order valence-corrected chi connectivity index (χ0v) is 17.8. The average Bonchev–Trinajstić information content (AvgIpc) is 2.73. The molecule has 2 N–H and O–H groups in total. The van der Waals surface area contributed by atoms with Crippen LogP contribution in [0.4, 0.5) is 0 Å². The fourth-order valence-electron chi connectivity index (χ4n) is 4.13. The summed E-state index contributed by atoms with van der Waals surface area (Å²) in [5.41, 5.74) is 0.462. The maximum absolute atomic E-state index is 12.8. The van der Waals surface area contributed by atoms with E-state index in [1.165, 1.54) is 6.92 Å². The lowest BCUT2D eigenvalue weighted by atomic mass is 9.75. The van der Waals surface area contributed by atoms with E-state index in [0.717, 1.165) is 25.7 Å². The second kappa shape index (κ2) is 9.78. The number of ether oxygens (including phenoxy) is 1. The van der Waals surface area contributed by atoms with Crippen molar-refractivity contribution in [1.82, 2.24) is 15.5 Å². The highest BCUT2D eigenvalue weighted by Crippen LogP contribution is 2.35. The fourth-order valence-corrected chi connectivity index (χ4v) is 4.13. The average molecular weight is 414 g/mol. The van der Waals surface area contributed by atoms with Gasteiger partial charge in [0.15, 0.2) is 0 Å². The largest absolute Gasteiger partial charge is 0.492 e. The lowest BCUT2D eigenvalue weighted by molar-refractivity contribution is -0.137. The van der Waals surface area contributed by atoms with Crippen LogP contribution in [-0.2, 0) is 9.59 Å². The SMILES string of the molecule is CC(=O)N[C@H](C)C(=O)N1CCC2(C/C=C/CCOc3ccccc3C(=O)NC2)CC1. The maximum atomic E-state index is 12.8. The molecule has 0 aromatic heterocycles. The Labute approximate surface area is 177 Å². The van der Waals surface area contributed by atoms with Gasteiger partial charge in [-0.05, 0) is 50.2 Å². The van der Waals surface area contributed by atoms with Gasteiger partial charge in [0, 0.05) is 26.6 Å². The Morgan fingerprint density at radius 3 is 2.67 bits per heavy atom. The van der Waals surface area contributed by atoms with Crippen molar-refractivity contribution < 1.29 is 19.1 Å². The van der Waals surface area contributed by atoms with E-state index < -0.39 is 6.04 Å². The summed E-state index contributed by atoms with van der Waals surface area (Å²) in [6.45, 7) is 5.44. The van der Waals surface area contributed by atoms with Crippen molar-refractivity contribution in [2.45, 2.75) is 45.6 Å². The molecule has 3 rings (SSSR count). The van der Waals surface area contributed by atoms with Crippen molar-refractivity contribution in [3.05, 3.63) is 42.0 Å². The molecule has 1 aromatic carbocycles. The fraction of sp³-hybridized carbons (Fsp3) is 0.522. The quantitative estimate of drug-likeness (QED) is 0.728. The molecule has 0 radical (unpaired) electrons. The number of piperidine rings is 1. The lowest BCUT2D eigenvalue weighted by Crippen LogP contribution is -2.52. The number of rotatable bonds is 2. The number of para-hydroxylation sites is 1. The highest BCUT2D eigenvalue weighted by Gasteiger charge is 2.36. The number of amides is 3. The van der Waals surface area contributed by atoms with E-state index in [0.29, 0.717) is 37.6 Å². The minimum Gasteiger partial charge on any atom is -0.492 e. The van der Waals surface area contributed by atoms with E-state index in [1.807, 2.05) is 23.1 Å². The monoisotopic (exact) mass is 413 g/mol. The number of hydrogen-bond acceptors (Lipinski definition) is 4. The van der Waals surface area contributed by atoms with Gasteiger partial charge in [-0.1, -0.05) is 24.3 Å². The van der Waals surface area contributed by atoms with Gasteiger partial charge in [0.2, 0.25) is 11.8 Å². The molecule has 7 heteroatoms. The molecule has 0 unspecified atom stereocenters. The van der Waals surface area contributed by atoms with Crippen LogP contribution >= 0.6 is 0 Å². The first-order chi connectivity index (χ1) is 14.4. The Hall–Kier alpha value is -2.83. The molecule has 1 fully saturated rings. The third-order valence-corrected chi connectivity index (χ3v) is 5.94. The zero-order valence-electron chi connectivity index (χ0n) is 17.8.